The summed E-state index contributed by atoms with van der Waals surface area (Å²) in [6, 6.07) is 49.4. The molecule has 0 amide bonds. The minimum atomic E-state index is 1.26. The summed E-state index contributed by atoms with van der Waals surface area (Å²) in [7, 11) is 0. The summed E-state index contributed by atoms with van der Waals surface area (Å²) < 4.78 is 2.73. The summed E-state index contributed by atoms with van der Waals surface area (Å²) in [5.74, 6) is 0. The van der Waals surface area contributed by atoms with Crippen LogP contribution in [0.5, 0.6) is 0 Å². The van der Waals surface area contributed by atoms with Crippen LogP contribution in [0, 0.1) is 13.8 Å². The van der Waals surface area contributed by atoms with E-state index in [0.717, 1.165) is 0 Å². The van der Waals surface area contributed by atoms with Crippen LogP contribution in [0.4, 0.5) is 0 Å². The Bertz CT molecular complexity index is 2050. The molecule has 0 nitrogen and oxygen atoms in total. The predicted octanol–water partition coefficient (Wildman–Crippen LogP) is 12.6. The van der Waals surface area contributed by atoms with Gasteiger partial charge in [0.1, 0.15) is 0 Å². The number of benzene rings is 6. The Labute approximate surface area is 254 Å². The molecule has 0 aliphatic heterocycles. The number of rotatable bonds is 4. The molecule has 6 aromatic carbocycles. The van der Waals surface area contributed by atoms with E-state index in [1.807, 2.05) is 22.7 Å². The van der Waals surface area contributed by atoms with Crippen molar-refractivity contribution in [3.63, 3.8) is 0 Å². The van der Waals surface area contributed by atoms with Gasteiger partial charge in [-0.15, -0.1) is 22.7 Å². The van der Waals surface area contributed by atoms with E-state index >= 15 is 0 Å². The average Bonchev–Trinajstić information content (AvgIpc) is 3.67. The first kappa shape index (κ1) is 25.2. The van der Waals surface area contributed by atoms with E-state index in [-0.39, 0.29) is 0 Å². The van der Waals surface area contributed by atoms with Gasteiger partial charge in [-0.2, -0.15) is 0 Å². The molecule has 0 aliphatic carbocycles. The molecule has 2 aromatic heterocycles. The van der Waals surface area contributed by atoms with Gasteiger partial charge in [0.15, 0.2) is 0 Å². The van der Waals surface area contributed by atoms with Crippen molar-refractivity contribution in [2.75, 3.05) is 0 Å². The van der Waals surface area contributed by atoms with E-state index in [4.69, 9.17) is 0 Å². The second kappa shape index (κ2) is 10.1. The van der Waals surface area contributed by atoms with Crippen molar-refractivity contribution < 1.29 is 0 Å². The first-order valence-electron chi connectivity index (χ1n) is 14.3. The number of fused-ring (bicyclic) bond motifs is 5. The zero-order chi connectivity index (χ0) is 28.2. The highest BCUT2D eigenvalue weighted by Gasteiger charge is 2.13. The first-order valence-corrected chi connectivity index (χ1v) is 16.0. The third-order valence-electron chi connectivity index (χ3n) is 8.27. The van der Waals surface area contributed by atoms with Gasteiger partial charge in [0.25, 0.3) is 0 Å². The molecule has 0 spiro atoms. The van der Waals surface area contributed by atoms with Crippen LogP contribution >= 0.6 is 22.7 Å². The second-order valence-electron chi connectivity index (χ2n) is 11.2. The topological polar surface area (TPSA) is 0 Å². The molecular formula is C40H28S2. The van der Waals surface area contributed by atoms with Crippen molar-refractivity contribution >= 4 is 53.6 Å². The fourth-order valence-corrected chi connectivity index (χ4v) is 8.22. The Morgan fingerprint density at radius 2 is 0.643 bits per heavy atom. The van der Waals surface area contributed by atoms with E-state index in [9.17, 15) is 0 Å². The summed E-state index contributed by atoms with van der Waals surface area (Å²) in [6.45, 7) is 4.26. The molecule has 200 valence electrons. The monoisotopic (exact) mass is 572 g/mol. The lowest BCUT2D eigenvalue weighted by molar-refractivity contribution is 1.47. The van der Waals surface area contributed by atoms with Crippen LogP contribution in [-0.4, -0.2) is 0 Å². The molecule has 0 saturated heterocycles. The molecule has 0 N–H and O–H groups in total. The molecule has 8 aromatic rings. The van der Waals surface area contributed by atoms with Gasteiger partial charge in [-0.3, -0.25) is 0 Å². The largest absolute Gasteiger partial charge is 0.135 e. The summed E-state index contributed by atoms with van der Waals surface area (Å²) in [5.41, 5.74) is 10.2. The number of hydrogen-bond donors (Lipinski definition) is 0. The van der Waals surface area contributed by atoms with Crippen molar-refractivity contribution in [3.05, 3.63) is 145 Å². The quantitative estimate of drug-likeness (QED) is 0.197. The van der Waals surface area contributed by atoms with Gasteiger partial charge in [0.05, 0.1) is 0 Å². The van der Waals surface area contributed by atoms with Gasteiger partial charge in [-0.1, -0.05) is 132 Å². The van der Waals surface area contributed by atoms with Crippen LogP contribution in [-0.2, 0) is 0 Å². The SMILES string of the molecule is Cc1ccc(-c2ccc(-c3cc4ccc5c(ccc6cc(-c7ccc(-c8ccc(C)cc8)cc7)sc65)c4s3)cc2)cc1. The molecule has 0 radical (unpaired) electrons. The Morgan fingerprint density at radius 1 is 0.333 bits per heavy atom. The van der Waals surface area contributed by atoms with Crippen molar-refractivity contribution in [2.24, 2.45) is 0 Å². The van der Waals surface area contributed by atoms with Crippen LogP contribution in [0.3, 0.4) is 0 Å². The van der Waals surface area contributed by atoms with E-state index in [1.54, 1.807) is 0 Å². The molecule has 42 heavy (non-hydrogen) atoms. The standard InChI is InChI=1S/C40H28S2/c1-25-3-7-27(8-4-25)29-11-15-31(16-12-29)37-23-33-19-21-36-35(39(33)41-37)22-20-34-24-38(42-40(34)36)32-17-13-30(14-18-32)28-9-5-26(2)6-10-28/h3-24H,1-2H3. The first-order chi connectivity index (χ1) is 20.6. The minimum absolute atomic E-state index is 1.26. The molecular weight excluding hydrogens is 545 g/mol. The minimum Gasteiger partial charge on any atom is -0.135 e. The summed E-state index contributed by atoms with van der Waals surface area (Å²) in [4.78, 5) is 2.63. The zero-order valence-corrected chi connectivity index (χ0v) is 25.2. The summed E-state index contributed by atoms with van der Waals surface area (Å²) >= 11 is 3.80. The molecule has 0 unspecified atom stereocenters. The van der Waals surface area contributed by atoms with Crippen molar-refractivity contribution in [2.45, 2.75) is 13.8 Å². The number of aryl methyl sites for hydroxylation is 2. The van der Waals surface area contributed by atoms with E-state index in [2.05, 4.69) is 147 Å². The van der Waals surface area contributed by atoms with Gasteiger partial charge in [-0.05, 0) is 70.1 Å². The van der Waals surface area contributed by atoms with E-state index in [1.165, 1.54) is 85.2 Å². The maximum Gasteiger partial charge on any atom is 0.0428 e. The molecule has 0 atom stereocenters. The Balaban J connectivity index is 1.14. The predicted molar refractivity (Wildman–Crippen MR) is 186 cm³/mol. The van der Waals surface area contributed by atoms with Crippen LogP contribution in [0.15, 0.2) is 133 Å². The number of thiophene rings is 2. The lowest BCUT2D eigenvalue weighted by Crippen LogP contribution is -1.79. The van der Waals surface area contributed by atoms with Gasteiger partial charge in [-0.25, -0.2) is 0 Å². The Hall–Kier alpha value is -4.50. The van der Waals surface area contributed by atoms with Crippen LogP contribution in [0.1, 0.15) is 11.1 Å². The molecule has 0 saturated carbocycles. The average molecular weight is 573 g/mol. The highest BCUT2D eigenvalue weighted by atomic mass is 32.1. The van der Waals surface area contributed by atoms with Gasteiger partial charge < -0.3 is 0 Å². The molecule has 2 heteroatoms. The van der Waals surface area contributed by atoms with Crippen LogP contribution in [0.25, 0.3) is 74.1 Å². The van der Waals surface area contributed by atoms with E-state index in [0.29, 0.717) is 0 Å². The lowest BCUT2D eigenvalue weighted by atomic mass is 10.0. The zero-order valence-electron chi connectivity index (χ0n) is 23.5. The molecule has 0 aliphatic rings. The highest BCUT2D eigenvalue weighted by molar-refractivity contribution is 7.24. The smallest absolute Gasteiger partial charge is 0.0428 e. The normalized spacial score (nSPS) is 11.6. The Kier molecular flexibility index (Phi) is 6.06. The number of hydrogen-bond acceptors (Lipinski definition) is 2. The Morgan fingerprint density at radius 3 is 1.00 bits per heavy atom. The fraction of sp³-hybridized carbons (Fsp3) is 0.0500. The van der Waals surface area contributed by atoms with Crippen molar-refractivity contribution in [3.8, 4) is 43.1 Å². The van der Waals surface area contributed by atoms with Gasteiger partial charge in [0, 0.05) is 29.9 Å². The van der Waals surface area contributed by atoms with Gasteiger partial charge >= 0.3 is 0 Å². The van der Waals surface area contributed by atoms with Crippen molar-refractivity contribution in [1.29, 1.82) is 0 Å². The van der Waals surface area contributed by atoms with Crippen LogP contribution < -0.4 is 0 Å². The molecule has 0 bridgehead atoms. The van der Waals surface area contributed by atoms with Crippen LogP contribution in [0.2, 0.25) is 0 Å². The van der Waals surface area contributed by atoms with E-state index < -0.39 is 0 Å². The summed E-state index contributed by atoms with van der Waals surface area (Å²) in [6.07, 6.45) is 0. The van der Waals surface area contributed by atoms with Crippen molar-refractivity contribution in [1.82, 2.24) is 0 Å². The summed E-state index contributed by atoms with van der Waals surface area (Å²) in [5, 5.41) is 5.31. The molecule has 2 heterocycles. The third kappa shape index (κ3) is 4.44. The highest BCUT2D eigenvalue weighted by Crippen LogP contribution is 2.43. The second-order valence-corrected chi connectivity index (χ2v) is 13.3. The molecule has 8 rings (SSSR count). The maximum atomic E-state index is 2.35. The fourth-order valence-electron chi connectivity index (χ4n) is 5.83. The maximum absolute atomic E-state index is 2.35. The third-order valence-corrected chi connectivity index (χ3v) is 10.7. The van der Waals surface area contributed by atoms with Gasteiger partial charge in [0.2, 0.25) is 0 Å². The molecule has 0 fully saturated rings. The lowest BCUT2D eigenvalue weighted by Gasteiger charge is -2.04.